The molecule has 0 aliphatic heterocycles. The molecule has 0 radical (unpaired) electrons. The summed E-state index contributed by atoms with van der Waals surface area (Å²) in [6, 6.07) is 0. The molecule has 0 spiro atoms. The Bertz CT molecular complexity index is 174. The fourth-order valence-electron chi connectivity index (χ4n) is 3.83. The maximum absolute atomic E-state index is 2.43. The average molecular weight is 206 g/mol. The molecule has 2 fully saturated rings. The third-order valence-electron chi connectivity index (χ3n) is 5.20. The highest BCUT2D eigenvalue weighted by Gasteiger charge is 2.29. The van der Waals surface area contributed by atoms with Crippen molar-refractivity contribution in [2.75, 3.05) is 0 Å². The molecule has 0 unspecified atom stereocenters. The lowest BCUT2D eigenvalue weighted by Gasteiger charge is -2.37. The first-order valence-corrected chi connectivity index (χ1v) is 7.29. The van der Waals surface area contributed by atoms with Gasteiger partial charge in [-0.1, -0.05) is 38.9 Å². The van der Waals surface area contributed by atoms with Crippen molar-refractivity contribution >= 4 is 7.85 Å². The highest BCUT2D eigenvalue weighted by atomic mass is 14.3. The van der Waals surface area contributed by atoms with E-state index in [1.165, 1.54) is 32.0 Å². The van der Waals surface area contributed by atoms with Crippen LogP contribution >= 0.6 is 0 Å². The average Bonchev–Trinajstić information content (AvgIpc) is 2.30. The molecule has 0 bridgehead atoms. The van der Waals surface area contributed by atoms with Crippen LogP contribution in [0.25, 0.3) is 0 Å². The minimum Gasteiger partial charge on any atom is -0.0783 e. The Kier molecular flexibility index (Phi) is 4.17. The van der Waals surface area contributed by atoms with E-state index in [9.17, 15) is 0 Å². The Morgan fingerprint density at radius 3 is 1.73 bits per heavy atom. The normalized spacial score (nSPS) is 42.7. The minimum absolute atomic E-state index is 1.02. The van der Waals surface area contributed by atoms with Crippen LogP contribution < -0.4 is 0 Å². The molecule has 15 heavy (non-hydrogen) atoms. The summed E-state index contributed by atoms with van der Waals surface area (Å²) >= 11 is 0. The van der Waals surface area contributed by atoms with Gasteiger partial charge < -0.3 is 0 Å². The van der Waals surface area contributed by atoms with Gasteiger partial charge in [-0.3, -0.25) is 0 Å². The van der Waals surface area contributed by atoms with E-state index in [-0.39, 0.29) is 0 Å². The van der Waals surface area contributed by atoms with Crippen LogP contribution in [0.3, 0.4) is 0 Å². The lowest BCUT2D eigenvalue weighted by atomic mass is 9.68. The molecule has 2 rings (SSSR count). The quantitative estimate of drug-likeness (QED) is 0.604. The van der Waals surface area contributed by atoms with Crippen LogP contribution in [-0.4, -0.2) is 7.85 Å². The zero-order valence-electron chi connectivity index (χ0n) is 10.7. The lowest BCUT2D eigenvalue weighted by molar-refractivity contribution is 0.155. The summed E-state index contributed by atoms with van der Waals surface area (Å²) in [5.41, 5.74) is 0. The van der Waals surface area contributed by atoms with Crippen molar-refractivity contribution in [1.29, 1.82) is 0 Å². The SMILES string of the molecule is BCC1CCC(C2CCC(C)CC2)CC1. The van der Waals surface area contributed by atoms with Gasteiger partial charge in [0.2, 0.25) is 0 Å². The molecule has 0 saturated heterocycles. The monoisotopic (exact) mass is 206 g/mol. The summed E-state index contributed by atoms with van der Waals surface area (Å²) in [5.74, 6) is 4.32. The van der Waals surface area contributed by atoms with E-state index < -0.39 is 0 Å². The van der Waals surface area contributed by atoms with Gasteiger partial charge in [0.25, 0.3) is 0 Å². The van der Waals surface area contributed by atoms with E-state index in [0.29, 0.717) is 0 Å². The van der Waals surface area contributed by atoms with Crippen LogP contribution in [0.2, 0.25) is 6.32 Å². The lowest BCUT2D eigenvalue weighted by Crippen LogP contribution is -2.25. The molecule has 0 nitrogen and oxygen atoms in total. The summed E-state index contributed by atoms with van der Waals surface area (Å²) in [4.78, 5) is 0. The maximum atomic E-state index is 2.43. The summed E-state index contributed by atoms with van der Waals surface area (Å²) in [6.45, 7) is 2.43. The van der Waals surface area contributed by atoms with Crippen molar-refractivity contribution in [1.82, 2.24) is 0 Å². The highest BCUT2D eigenvalue weighted by Crippen LogP contribution is 2.41. The second-order valence-electron chi connectivity index (χ2n) is 6.21. The number of rotatable bonds is 2. The summed E-state index contributed by atoms with van der Waals surface area (Å²) in [5, 5.41) is 0. The van der Waals surface area contributed by atoms with E-state index >= 15 is 0 Å². The van der Waals surface area contributed by atoms with Crippen molar-refractivity contribution in [2.24, 2.45) is 23.7 Å². The molecule has 2 aliphatic rings. The molecule has 0 N–H and O–H groups in total. The molecular formula is C14H27B. The summed E-state index contributed by atoms with van der Waals surface area (Å²) in [6.07, 6.45) is 13.7. The summed E-state index contributed by atoms with van der Waals surface area (Å²) < 4.78 is 0. The molecule has 0 aromatic carbocycles. The van der Waals surface area contributed by atoms with Crippen molar-refractivity contribution in [3.05, 3.63) is 0 Å². The van der Waals surface area contributed by atoms with Crippen LogP contribution in [0, 0.1) is 23.7 Å². The molecule has 0 heterocycles. The largest absolute Gasteiger partial charge is 0.101 e. The molecule has 2 aliphatic carbocycles. The Labute approximate surface area is 96.6 Å². The first-order valence-electron chi connectivity index (χ1n) is 7.29. The van der Waals surface area contributed by atoms with Crippen LogP contribution in [-0.2, 0) is 0 Å². The second kappa shape index (κ2) is 5.41. The van der Waals surface area contributed by atoms with E-state index in [1.54, 1.807) is 25.7 Å². The van der Waals surface area contributed by atoms with Crippen molar-refractivity contribution in [3.63, 3.8) is 0 Å². The summed E-state index contributed by atoms with van der Waals surface area (Å²) in [7, 11) is 2.37. The van der Waals surface area contributed by atoms with Crippen molar-refractivity contribution < 1.29 is 0 Å². The van der Waals surface area contributed by atoms with E-state index in [0.717, 1.165) is 23.7 Å². The molecule has 86 valence electrons. The predicted octanol–water partition coefficient (Wildman–Crippen LogP) is 3.67. The molecule has 2 saturated carbocycles. The zero-order chi connectivity index (χ0) is 10.7. The van der Waals surface area contributed by atoms with Gasteiger partial charge in [-0.25, -0.2) is 0 Å². The second-order valence-corrected chi connectivity index (χ2v) is 6.21. The topological polar surface area (TPSA) is 0 Å². The third kappa shape index (κ3) is 3.01. The Morgan fingerprint density at radius 1 is 0.800 bits per heavy atom. The Morgan fingerprint density at radius 2 is 1.27 bits per heavy atom. The van der Waals surface area contributed by atoms with Crippen LogP contribution in [0.1, 0.15) is 58.3 Å². The third-order valence-corrected chi connectivity index (χ3v) is 5.20. The highest BCUT2D eigenvalue weighted by molar-refractivity contribution is 6.08. The van der Waals surface area contributed by atoms with Crippen molar-refractivity contribution in [2.45, 2.75) is 64.6 Å². The first kappa shape index (κ1) is 11.5. The maximum Gasteiger partial charge on any atom is 0.101 e. The van der Waals surface area contributed by atoms with E-state index in [4.69, 9.17) is 0 Å². The van der Waals surface area contributed by atoms with Crippen LogP contribution in [0.4, 0.5) is 0 Å². The standard InChI is InChI=1S/C14H27B/c1-11-2-6-13(7-3-11)14-8-4-12(10-15)5-9-14/h11-14H,2-10,15H2,1H3. The fourth-order valence-corrected chi connectivity index (χ4v) is 3.83. The smallest absolute Gasteiger partial charge is 0.0783 e. The van der Waals surface area contributed by atoms with Gasteiger partial charge in [0.15, 0.2) is 0 Å². The molecule has 0 amide bonds. The van der Waals surface area contributed by atoms with Gasteiger partial charge in [-0.05, 0) is 49.4 Å². The van der Waals surface area contributed by atoms with E-state index in [1.807, 2.05) is 0 Å². The Balaban J connectivity index is 1.75. The number of hydrogen-bond acceptors (Lipinski definition) is 0. The fraction of sp³-hybridized carbons (Fsp3) is 1.00. The van der Waals surface area contributed by atoms with Gasteiger partial charge in [-0.15, -0.1) is 0 Å². The first-order chi connectivity index (χ1) is 7.29. The van der Waals surface area contributed by atoms with Gasteiger partial charge in [-0.2, -0.15) is 0 Å². The zero-order valence-corrected chi connectivity index (χ0v) is 10.7. The van der Waals surface area contributed by atoms with Crippen LogP contribution in [0.15, 0.2) is 0 Å². The predicted molar refractivity (Wildman–Crippen MR) is 69.9 cm³/mol. The minimum atomic E-state index is 1.02. The molecule has 0 aromatic heterocycles. The van der Waals surface area contributed by atoms with Crippen LogP contribution in [0.5, 0.6) is 0 Å². The number of hydrogen-bond donors (Lipinski definition) is 0. The van der Waals surface area contributed by atoms with Crippen molar-refractivity contribution in [3.8, 4) is 0 Å². The van der Waals surface area contributed by atoms with Gasteiger partial charge in [0.1, 0.15) is 7.85 Å². The van der Waals surface area contributed by atoms with Gasteiger partial charge in [0.05, 0.1) is 0 Å². The molecular weight excluding hydrogens is 179 g/mol. The van der Waals surface area contributed by atoms with Gasteiger partial charge in [0, 0.05) is 0 Å². The van der Waals surface area contributed by atoms with Gasteiger partial charge >= 0.3 is 0 Å². The molecule has 0 aromatic rings. The Hall–Kier alpha value is 0.0649. The van der Waals surface area contributed by atoms with E-state index in [2.05, 4.69) is 14.8 Å². The molecule has 1 heteroatoms. The molecule has 0 atom stereocenters.